The van der Waals surface area contributed by atoms with Gasteiger partial charge in [0, 0.05) is 13.1 Å². The molecule has 2 aromatic carbocycles. The van der Waals surface area contributed by atoms with Crippen molar-refractivity contribution in [2.24, 2.45) is 7.05 Å². The summed E-state index contributed by atoms with van der Waals surface area (Å²) in [5.41, 5.74) is 2.47. The van der Waals surface area contributed by atoms with Crippen molar-refractivity contribution in [2.75, 3.05) is 17.3 Å². The Hall–Kier alpha value is -2.67. The fourth-order valence-corrected chi connectivity index (χ4v) is 5.98. The minimum Gasteiger partial charge on any atom is -0.408 e. The van der Waals surface area contributed by atoms with Crippen LogP contribution in [0.3, 0.4) is 0 Å². The molecule has 0 radical (unpaired) electrons. The van der Waals surface area contributed by atoms with Gasteiger partial charge in [0.1, 0.15) is 6.04 Å². The van der Waals surface area contributed by atoms with Crippen LogP contribution in [0.15, 0.2) is 50.5 Å². The minimum atomic E-state index is -4.06. The Morgan fingerprint density at radius 2 is 2.06 bits per heavy atom. The fraction of sp³-hybridized carbons (Fsp3) is 0.286. The highest BCUT2D eigenvalue weighted by Gasteiger charge is 2.27. The van der Waals surface area contributed by atoms with Crippen molar-refractivity contribution < 1.29 is 17.6 Å². The van der Waals surface area contributed by atoms with Crippen LogP contribution in [0.5, 0.6) is 0 Å². The molecule has 2 heterocycles. The number of carbonyl (C=O) groups excluding carboxylic acids is 1. The molecular weight excluding hydrogens is 484 g/mol. The van der Waals surface area contributed by atoms with Gasteiger partial charge in [-0.2, -0.15) is 16.5 Å². The van der Waals surface area contributed by atoms with Crippen molar-refractivity contribution in [3.05, 3.63) is 52.5 Å². The Labute approximate surface area is 198 Å². The quantitative estimate of drug-likeness (QED) is 0.376. The van der Waals surface area contributed by atoms with Crippen LogP contribution in [-0.4, -0.2) is 41.9 Å². The second-order valence-corrected chi connectivity index (χ2v) is 11.2. The lowest BCUT2D eigenvalue weighted by atomic mass is 10.2. The van der Waals surface area contributed by atoms with Crippen LogP contribution in [0, 0.1) is 6.92 Å². The smallest absolute Gasteiger partial charge is 0.408 e. The van der Waals surface area contributed by atoms with Crippen molar-refractivity contribution in [3.63, 3.8) is 0 Å². The van der Waals surface area contributed by atoms with Crippen LogP contribution < -0.4 is 15.8 Å². The molecule has 0 spiro atoms. The first-order valence-electron chi connectivity index (χ1n) is 9.97. The first kappa shape index (κ1) is 23.5. The van der Waals surface area contributed by atoms with Gasteiger partial charge in [0.15, 0.2) is 10.7 Å². The molecule has 1 amide bonds. The van der Waals surface area contributed by atoms with E-state index in [0.29, 0.717) is 22.8 Å². The number of aromatic nitrogens is 2. The van der Waals surface area contributed by atoms with Crippen LogP contribution in [-0.2, 0) is 21.9 Å². The highest BCUT2D eigenvalue weighted by atomic mass is 32.2. The normalized spacial score (nSPS) is 12.9. The third kappa shape index (κ3) is 4.98. The lowest BCUT2D eigenvalue weighted by Crippen LogP contribution is -2.44. The largest absolute Gasteiger partial charge is 0.419 e. The zero-order valence-electron chi connectivity index (χ0n) is 18.1. The van der Waals surface area contributed by atoms with Gasteiger partial charge < -0.3 is 9.73 Å². The van der Waals surface area contributed by atoms with E-state index in [1.165, 1.54) is 52.9 Å². The van der Waals surface area contributed by atoms with Crippen molar-refractivity contribution in [3.8, 4) is 0 Å². The van der Waals surface area contributed by atoms with Crippen LogP contribution >= 0.6 is 23.1 Å². The molecule has 0 saturated carbocycles. The Kier molecular flexibility index (Phi) is 6.61. The van der Waals surface area contributed by atoms with Crippen molar-refractivity contribution in [2.45, 2.75) is 24.3 Å². The maximum absolute atomic E-state index is 13.0. The van der Waals surface area contributed by atoms with E-state index < -0.39 is 27.7 Å². The minimum absolute atomic E-state index is 0.0956. The molecule has 1 atom stereocenters. The zero-order valence-corrected chi connectivity index (χ0v) is 20.6. The predicted octanol–water partition coefficient (Wildman–Crippen LogP) is 3.09. The number of carbonyl (C=O) groups is 1. The Morgan fingerprint density at radius 1 is 1.27 bits per heavy atom. The number of anilines is 1. The highest BCUT2D eigenvalue weighted by molar-refractivity contribution is 7.98. The van der Waals surface area contributed by atoms with Gasteiger partial charge in [-0.3, -0.25) is 9.36 Å². The molecule has 0 bridgehead atoms. The Morgan fingerprint density at radius 3 is 2.82 bits per heavy atom. The number of nitrogens with one attached hydrogen (secondary N) is 2. The summed E-state index contributed by atoms with van der Waals surface area (Å²) in [5, 5.41) is 3.15. The van der Waals surface area contributed by atoms with Gasteiger partial charge in [0.05, 0.1) is 20.6 Å². The average Bonchev–Trinajstić information content (AvgIpc) is 3.29. The summed E-state index contributed by atoms with van der Waals surface area (Å²) in [4.78, 5) is 29.0. The number of hydrogen-bond acceptors (Lipinski definition) is 8. The predicted molar refractivity (Wildman–Crippen MR) is 132 cm³/mol. The summed E-state index contributed by atoms with van der Waals surface area (Å²) in [7, 11) is -2.53. The van der Waals surface area contributed by atoms with Crippen LogP contribution in [0.4, 0.5) is 5.13 Å². The maximum atomic E-state index is 13.0. The van der Waals surface area contributed by atoms with E-state index in [4.69, 9.17) is 4.42 Å². The Bertz CT molecular complexity index is 1500. The van der Waals surface area contributed by atoms with E-state index in [0.717, 1.165) is 15.8 Å². The Balaban J connectivity index is 1.58. The molecule has 0 aliphatic heterocycles. The number of amides is 1. The van der Waals surface area contributed by atoms with Gasteiger partial charge in [-0.05, 0) is 55.2 Å². The summed E-state index contributed by atoms with van der Waals surface area (Å²) >= 11 is 2.84. The van der Waals surface area contributed by atoms with E-state index >= 15 is 0 Å². The van der Waals surface area contributed by atoms with Crippen molar-refractivity contribution in [1.82, 2.24) is 14.3 Å². The number of thioether (sulfide) groups is 1. The van der Waals surface area contributed by atoms with E-state index in [-0.39, 0.29) is 10.5 Å². The summed E-state index contributed by atoms with van der Waals surface area (Å²) in [6.07, 6.45) is 2.17. The number of oxazole rings is 1. The third-order valence-corrected chi connectivity index (χ3v) is 8.12. The molecule has 0 aliphatic rings. The van der Waals surface area contributed by atoms with E-state index in [1.807, 2.05) is 31.4 Å². The van der Waals surface area contributed by atoms with Crippen LogP contribution in [0.25, 0.3) is 21.3 Å². The van der Waals surface area contributed by atoms with Gasteiger partial charge >= 0.3 is 5.76 Å². The topological polar surface area (TPSA) is 123 Å². The molecule has 0 aliphatic carbocycles. The molecule has 174 valence electrons. The number of nitrogens with zero attached hydrogens (tertiary/aromatic N) is 2. The van der Waals surface area contributed by atoms with Gasteiger partial charge in [-0.25, -0.2) is 18.2 Å². The van der Waals surface area contributed by atoms with Gasteiger partial charge in [-0.1, -0.05) is 17.4 Å². The molecule has 4 rings (SSSR count). The van der Waals surface area contributed by atoms with Crippen molar-refractivity contribution in [1.29, 1.82) is 0 Å². The maximum Gasteiger partial charge on any atom is 0.419 e. The lowest BCUT2D eigenvalue weighted by molar-refractivity contribution is -0.117. The summed E-state index contributed by atoms with van der Waals surface area (Å²) < 4.78 is 35.9. The zero-order chi connectivity index (χ0) is 23.8. The van der Waals surface area contributed by atoms with Gasteiger partial charge in [0.2, 0.25) is 15.9 Å². The molecule has 9 nitrogen and oxygen atoms in total. The standard InChI is InChI=1S/C21H22N4O5S3/c1-12-4-6-14-18(10-12)32-20(22-14)23-19(26)15(8-9-31-3)24-33(28,29)13-5-7-16-17(11-13)30-21(27)25(16)2/h4-7,10-11,15,24H,8-9H2,1-3H3,(H,22,23,26)/t15-/m1/s1. The summed E-state index contributed by atoms with van der Waals surface area (Å²) in [6.45, 7) is 1.97. The monoisotopic (exact) mass is 506 g/mol. The van der Waals surface area contributed by atoms with Crippen molar-refractivity contribution >= 4 is 65.5 Å². The number of benzene rings is 2. The molecule has 0 fully saturated rings. The summed E-state index contributed by atoms with van der Waals surface area (Å²) in [5.74, 6) is -0.502. The number of thiazole rings is 1. The van der Waals surface area contributed by atoms with Crippen LogP contribution in [0.1, 0.15) is 12.0 Å². The number of rotatable bonds is 8. The molecule has 12 heteroatoms. The highest BCUT2D eigenvalue weighted by Crippen LogP contribution is 2.27. The lowest BCUT2D eigenvalue weighted by Gasteiger charge is -2.17. The molecule has 0 unspecified atom stereocenters. The van der Waals surface area contributed by atoms with Gasteiger partial charge in [0.25, 0.3) is 0 Å². The molecular formula is C21H22N4O5S3. The molecule has 4 aromatic rings. The summed E-state index contributed by atoms with van der Waals surface area (Å²) in [6, 6.07) is 8.94. The number of hydrogen-bond donors (Lipinski definition) is 2. The molecule has 0 saturated heterocycles. The first-order valence-corrected chi connectivity index (χ1v) is 13.7. The SMILES string of the molecule is CSCC[C@@H](NS(=O)(=O)c1ccc2c(c1)oc(=O)n2C)C(=O)Nc1nc2ccc(C)cc2s1. The number of sulfonamides is 1. The van der Waals surface area contributed by atoms with E-state index in [1.54, 1.807) is 0 Å². The first-order chi connectivity index (χ1) is 15.7. The van der Waals surface area contributed by atoms with Crippen LogP contribution in [0.2, 0.25) is 0 Å². The second kappa shape index (κ2) is 9.29. The average molecular weight is 507 g/mol. The molecule has 33 heavy (non-hydrogen) atoms. The van der Waals surface area contributed by atoms with E-state index in [9.17, 15) is 18.0 Å². The molecule has 2 aromatic heterocycles. The molecule has 2 N–H and O–H groups in total. The number of aryl methyl sites for hydroxylation is 2. The second-order valence-electron chi connectivity index (χ2n) is 7.49. The third-order valence-electron chi connectivity index (χ3n) is 5.07. The van der Waals surface area contributed by atoms with Gasteiger partial charge in [-0.15, -0.1) is 0 Å². The van der Waals surface area contributed by atoms with E-state index in [2.05, 4.69) is 15.0 Å². The fourth-order valence-electron chi connectivity index (χ4n) is 3.29. The number of fused-ring (bicyclic) bond motifs is 2.